The van der Waals surface area contributed by atoms with Crippen LogP contribution in [0.4, 0.5) is 0 Å². The molecule has 12 aromatic rings. The fourth-order valence-electron chi connectivity index (χ4n) is 9.47. The first kappa shape index (κ1) is 38.7. The van der Waals surface area contributed by atoms with Crippen molar-refractivity contribution < 1.29 is 0 Å². The van der Waals surface area contributed by atoms with Crippen molar-refractivity contribution in [2.45, 2.75) is 0 Å². The summed E-state index contributed by atoms with van der Waals surface area (Å²) in [4.78, 5) is 20.1. The smallest absolute Gasteiger partial charge is 0.164 e. The molecular weight excluding hydrogens is 805 g/mol. The van der Waals surface area contributed by atoms with Crippen LogP contribution in [0.3, 0.4) is 0 Å². The summed E-state index contributed by atoms with van der Waals surface area (Å²) in [6.45, 7) is 0. The quantitative estimate of drug-likeness (QED) is 0.145. The molecule has 0 saturated heterocycles. The number of hydrogen-bond donors (Lipinski definition) is 0. The van der Waals surface area contributed by atoms with E-state index in [0.717, 1.165) is 112 Å². The second-order valence-electron chi connectivity index (χ2n) is 16.2. The minimum absolute atomic E-state index is 0.818. The number of rotatable bonds is 9. The molecule has 0 aliphatic rings. The van der Waals surface area contributed by atoms with Crippen molar-refractivity contribution >= 4 is 22.3 Å². The van der Waals surface area contributed by atoms with Crippen LogP contribution >= 0.6 is 0 Å². The number of para-hydroxylation sites is 2. The van der Waals surface area contributed by atoms with Crippen LogP contribution in [0.25, 0.3) is 112 Å². The lowest BCUT2D eigenvalue weighted by Crippen LogP contribution is -2.00. The Morgan fingerprint density at radius 1 is 0.227 bits per heavy atom. The van der Waals surface area contributed by atoms with Crippen LogP contribution in [0, 0.1) is 0 Å². The van der Waals surface area contributed by atoms with Crippen molar-refractivity contribution in [3.05, 3.63) is 243 Å². The van der Waals surface area contributed by atoms with E-state index in [1.807, 2.05) is 48.8 Å². The Morgan fingerprint density at radius 2 is 0.470 bits per heavy atom. The summed E-state index contributed by atoms with van der Waals surface area (Å²) in [5.74, 6) is 1.68. The summed E-state index contributed by atoms with van der Waals surface area (Å²) in [5.41, 5.74) is 18.6. The second-order valence-corrected chi connectivity index (χ2v) is 16.2. The Hall–Kier alpha value is -9.00. The molecule has 0 N–H and O–H groups in total. The van der Waals surface area contributed by atoms with Crippen molar-refractivity contribution in [2.75, 3.05) is 0 Å². The fraction of sp³-hybridized carbons (Fsp3) is 0. The molecule has 6 heteroatoms. The van der Waals surface area contributed by atoms with E-state index < -0.39 is 0 Å². The minimum atomic E-state index is 0.818. The van der Waals surface area contributed by atoms with Crippen molar-refractivity contribution in [1.82, 2.24) is 29.1 Å². The third-order valence-electron chi connectivity index (χ3n) is 12.4. The summed E-state index contributed by atoms with van der Waals surface area (Å²) in [6.07, 6.45) is 3.67. The molecular formula is C60H40N6. The molecule has 4 aromatic heterocycles. The zero-order valence-electron chi connectivity index (χ0n) is 35.8. The number of fused-ring (bicyclic) bond motifs is 2. The maximum absolute atomic E-state index is 5.24. The first-order chi connectivity index (χ1) is 32.8. The van der Waals surface area contributed by atoms with Crippen LogP contribution in [0.15, 0.2) is 243 Å². The molecule has 0 saturated carbocycles. The molecule has 0 spiro atoms. The van der Waals surface area contributed by atoms with Gasteiger partial charge in [0.2, 0.25) is 0 Å². The van der Waals surface area contributed by atoms with E-state index in [1.165, 1.54) is 0 Å². The van der Waals surface area contributed by atoms with Gasteiger partial charge in [0.1, 0.15) is 22.7 Å². The lowest BCUT2D eigenvalue weighted by molar-refractivity contribution is 1.08. The van der Waals surface area contributed by atoms with Crippen LogP contribution in [-0.2, 0) is 0 Å². The van der Waals surface area contributed by atoms with Gasteiger partial charge in [-0.05, 0) is 104 Å². The van der Waals surface area contributed by atoms with Gasteiger partial charge in [0.15, 0.2) is 11.3 Å². The molecule has 66 heavy (non-hydrogen) atoms. The van der Waals surface area contributed by atoms with Gasteiger partial charge in [0.05, 0.1) is 0 Å². The van der Waals surface area contributed by atoms with Crippen molar-refractivity contribution in [3.63, 3.8) is 0 Å². The normalized spacial score (nSPS) is 11.3. The van der Waals surface area contributed by atoms with Gasteiger partial charge in [-0.3, -0.25) is 9.13 Å². The van der Waals surface area contributed by atoms with E-state index >= 15 is 0 Å². The number of imidazole rings is 2. The van der Waals surface area contributed by atoms with Crippen molar-refractivity contribution in [3.8, 4) is 89.8 Å². The van der Waals surface area contributed by atoms with E-state index in [9.17, 15) is 0 Å². The van der Waals surface area contributed by atoms with Gasteiger partial charge in [-0.2, -0.15) is 0 Å². The summed E-state index contributed by atoms with van der Waals surface area (Å²) in [6, 6.07) is 81.0. The molecule has 0 amide bonds. The summed E-state index contributed by atoms with van der Waals surface area (Å²) in [7, 11) is 0. The molecule has 0 aliphatic heterocycles. The van der Waals surface area contributed by atoms with Gasteiger partial charge in [0, 0.05) is 34.9 Å². The highest BCUT2D eigenvalue weighted by molar-refractivity contribution is 6.01. The Bertz CT molecular complexity index is 3470. The van der Waals surface area contributed by atoms with E-state index in [-0.39, 0.29) is 0 Å². The molecule has 8 aromatic carbocycles. The van der Waals surface area contributed by atoms with Crippen molar-refractivity contribution in [1.29, 1.82) is 0 Å². The molecule has 4 heterocycles. The Morgan fingerprint density at radius 3 is 0.758 bits per heavy atom. The zero-order valence-corrected chi connectivity index (χ0v) is 35.8. The Kier molecular flexibility index (Phi) is 9.73. The third-order valence-corrected chi connectivity index (χ3v) is 12.4. The van der Waals surface area contributed by atoms with Gasteiger partial charge >= 0.3 is 0 Å². The van der Waals surface area contributed by atoms with Crippen LogP contribution in [0.1, 0.15) is 0 Å². The molecule has 0 bridgehead atoms. The number of aromatic nitrogens is 6. The molecule has 0 fully saturated rings. The minimum Gasteiger partial charge on any atom is -0.277 e. The van der Waals surface area contributed by atoms with Gasteiger partial charge in [-0.15, -0.1) is 0 Å². The average Bonchev–Trinajstić information content (AvgIpc) is 3.99. The topological polar surface area (TPSA) is 61.4 Å². The summed E-state index contributed by atoms with van der Waals surface area (Å²) >= 11 is 0. The fourth-order valence-corrected chi connectivity index (χ4v) is 9.47. The van der Waals surface area contributed by atoms with Crippen LogP contribution in [0.5, 0.6) is 0 Å². The number of pyridine rings is 2. The number of hydrogen-bond acceptors (Lipinski definition) is 4. The SMILES string of the molecule is c1ccc(-n2c(-c3ccccc3-c3ccccc3-c3ccccc3-c3ccccc3-c3ccccc3-c3ccccc3-c3nc4cccnc4n3-c3ccccc3)nc3cccnc32)cc1. The molecule has 0 radical (unpaired) electrons. The second kappa shape index (κ2) is 16.6. The summed E-state index contributed by atoms with van der Waals surface area (Å²) in [5, 5.41) is 0. The van der Waals surface area contributed by atoms with E-state index in [2.05, 4.69) is 203 Å². The van der Waals surface area contributed by atoms with Gasteiger partial charge < -0.3 is 0 Å². The zero-order chi connectivity index (χ0) is 43.8. The van der Waals surface area contributed by atoms with Crippen LogP contribution in [-0.4, -0.2) is 29.1 Å². The summed E-state index contributed by atoms with van der Waals surface area (Å²) < 4.78 is 4.34. The average molecular weight is 845 g/mol. The predicted molar refractivity (Wildman–Crippen MR) is 269 cm³/mol. The lowest BCUT2D eigenvalue weighted by Gasteiger charge is -2.20. The monoisotopic (exact) mass is 844 g/mol. The first-order valence-electron chi connectivity index (χ1n) is 22.1. The van der Waals surface area contributed by atoms with Crippen LogP contribution in [0.2, 0.25) is 0 Å². The Labute approximate surface area is 382 Å². The molecule has 0 atom stereocenters. The number of benzene rings is 8. The Balaban J connectivity index is 1.01. The maximum Gasteiger partial charge on any atom is 0.164 e. The van der Waals surface area contributed by atoms with E-state index in [4.69, 9.17) is 19.9 Å². The first-order valence-corrected chi connectivity index (χ1v) is 22.1. The van der Waals surface area contributed by atoms with E-state index in [0.29, 0.717) is 0 Å². The third kappa shape index (κ3) is 6.68. The highest BCUT2D eigenvalue weighted by Crippen LogP contribution is 2.46. The molecule has 12 rings (SSSR count). The molecule has 0 aliphatic carbocycles. The van der Waals surface area contributed by atoms with Gasteiger partial charge in [0.25, 0.3) is 0 Å². The van der Waals surface area contributed by atoms with Gasteiger partial charge in [-0.1, -0.05) is 182 Å². The number of nitrogens with zero attached hydrogens (tertiary/aromatic N) is 6. The highest BCUT2D eigenvalue weighted by atomic mass is 15.1. The standard InChI is InChI=1S/C60H40N6/c1-3-21-41(22-4-1)65-57(63-55-37-19-39-61-59(55)65)53-35-17-15-33-51(53)49-31-13-11-29-47(49)45-27-9-7-25-43(45)44-26-8-10-28-46(44)48-30-12-14-32-50(48)52-34-16-18-36-54(52)58-64-56-38-20-40-62-60(56)66(58)42-23-5-2-6-24-42/h1-40H. The van der Waals surface area contributed by atoms with Crippen LogP contribution < -0.4 is 0 Å². The van der Waals surface area contributed by atoms with E-state index in [1.54, 1.807) is 0 Å². The molecule has 6 nitrogen and oxygen atoms in total. The molecule has 310 valence electrons. The largest absolute Gasteiger partial charge is 0.277 e. The van der Waals surface area contributed by atoms with Gasteiger partial charge in [-0.25, -0.2) is 19.9 Å². The van der Waals surface area contributed by atoms with Crippen molar-refractivity contribution in [2.24, 2.45) is 0 Å². The highest BCUT2D eigenvalue weighted by Gasteiger charge is 2.24. The lowest BCUT2D eigenvalue weighted by atomic mass is 9.84. The maximum atomic E-state index is 5.24. The molecule has 0 unspecified atom stereocenters. The predicted octanol–water partition coefficient (Wildman–Crippen LogP) is 14.8.